The van der Waals surface area contributed by atoms with Gasteiger partial charge in [0.1, 0.15) is 12.4 Å². The summed E-state index contributed by atoms with van der Waals surface area (Å²) in [4.78, 5) is 0. The zero-order valence-corrected chi connectivity index (χ0v) is 13.5. The summed E-state index contributed by atoms with van der Waals surface area (Å²) in [5.41, 5.74) is 1.76. The van der Waals surface area contributed by atoms with Gasteiger partial charge in [0.15, 0.2) is 0 Å². The maximum Gasteiger partial charge on any atom is 0.212 e. The number of benzene rings is 1. The number of nitrogens with zero attached hydrogens (tertiary/aromatic N) is 2. The SMILES string of the molecule is CNCc1cc(OCc2cccc(F)c2)n(CCC(C)C)n1. The van der Waals surface area contributed by atoms with Gasteiger partial charge in [-0.25, -0.2) is 9.07 Å². The Bertz CT molecular complexity index is 595. The molecule has 0 saturated carbocycles. The minimum atomic E-state index is -0.245. The number of hydrogen-bond donors (Lipinski definition) is 1. The van der Waals surface area contributed by atoms with E-state index in [0.717, 1.165) is 30.1 Å². The summed E-state index contributed by atoms with van der Waals surface area (Å²) in [7, 11) is 1.89. The highest BCUT2D eigenvalue weighted by molar-refractivity contribution is 5.19. The summed E-state index contributed by atoms with van der Waals surface area (Å²) in [6, 6.07) is 8.41. The number of ether oxygens (including phenoxy) is 1. The molecule has 0 aliphatic rings. The summed E-state index contributed by atoms with van der Waals surface area (Å²) >= 11 is 0. The smallest absolute Gasteiger partial charge is 0.212 e. The van der Waals surface area contributed by atoms with Gasteiger partial charge < -0.3 is 10.1 Å². The maximum atomic E-state index is 13.2. The van der Waals surface area contributed by atoms with Gasteiger partial charge in [-0.3, -0.25) is 0 Å². The van der Waals surface area contributed by atoms with Crippen molar-refractivity contribution in [2.75, 3.05) is 7.05 Å². The summed E-state index contributed by atoms with van der Waals surface area (Å²) in [6.07, 6.45) is 1.04. The first-order chi connectivity index (χ1) is 10.6. The second-order valence-corrected chi connectivity index (χ2v) is 5.83. The summed E-state index contributed by atoms with van der Waals surface area (Å²) in [6.45, 7) is 6.23. The Morgan fingerprint density at radius 3 is 2.82 bits per heavy atom. The van der Waals surface area contributed by atoms with Crippen molar-refractivity contribution in [1.82, 2.24) is 15.1 Å². The van der Waals surface area contributed by atoms with Gasteiger partial charge in [0.25, 0.3) is 0 Å². The van der Waals surface area contributed by atoms with E-state index in [-0.39, 0.29) is 5.82 Å². The number of aryl methyl sites for hydroxylation is 1. The van der Waals surface area contributed by atoms with Gasteiger partial charge in [-0.2, -0.15) is 5.10 Å². The Kier molecular flexibility index (Phi) is 5.95. The highest BCUT2D eigenvalue weighted by Crippen LogP contribution is 2.18. The lowest BCUT2D eigenvalue weighted by molar-refractivity contribution is 0.268. The Labute approximate surface area is 131 Å². The third-order valence-electron chi connectivity index (χ3n) is 3.35. The molecule has 0 bridgehead atoms. The topological polar surface area (TPSA) is 39.1 Å². The first kappa shape index (κ1) is 16.5. The second-order valence-electron chi connectivity index (χ2n) is 5.83. The number of halogens is 1. The highest BCUT2D eigenvalue weighted by atomic mass is 19.1. The summed E-state index contributed by atoms with van der Waals surface area (Å²) < 4.78 is 20.9. The van der Waals surface area contributed by atoms with Crippen molar-refractivity contribution in [3.63, 3.8) is 0 Å². The molecule has 5 heteroatoms. The summed E-state index contributed by atoms with van der Waals surface area (Å²) in [5.74, 6) is 1.09. The quantitative estimate of drug-likeness (QED) is 0.813. The fourth-order valence-corrected chi connectivity index (χ4v) is 2.16. The minimum absolute atomic E-state index is 0.245. The molecule has 0 amide bonds. The van der Waals surface area contributed by atoms with E-state index in [9.17, 15) is 4.39 Å². The van der Waals surface area contributed by atoms with Gasteiger partial charge in [-0.05, 0) is 37.1 Å². The van der Waals surface area contributed by atoms with Crippen LogP contribution in [0.1, 0.15) is 31.5 Å². The lowest BCUT2D eigenvalue weighted by Crippen LogP contribution is -2.09. The third-order valence-corrected chi connectivity index (χ3v) is 3.35. The monoisotopic (exact) mass is 305 g/mol. The molecule has 1 heterocycles. The van der Waals surface area contributed by atoms with Gasteiger partial charge in [-0.1, -0.05) is 26.0 Å². The third kappa shape index (κ3) is 4.84. The van der Waals surface area contributed by atoms with Crippen molar-refractivity contribution in [3.05, 3.63) is 47.4 Å². The maximum absolute atomic E-state index is 13.2. The Balaban J connectivity index is 2.06. The Morgan fingerprint density at radius 1 is 1.32 bits per heavy atom. The van der Waals surface area contributed by atoms with Crippen LogP contribution in [0.2, 0.25) is 0 Å². The summed E-state index contributed by atoms with van der Waals surface area (Å²) in [5, 5.41) is 7.65. The molecule has 4 nitrogen and oxygen atoms in total. The first-order valence-corrected chi connectivity index (χ1v) is 7.67. The molecule has 1 aromatic heterocycles. The van der Waals surface area contributed by atoms with Crippen LogP contribution in [0.5, 0.6) is 5.88 Å². The van der Waals surface area contributed by atoms with E-state index in [1.807, 2.05) is 23.9 Å². The van der Waals surface area contributed by atoms with Crippen molar-refractivity contribution in [2.24, 2.45) is 5.92 Å². The van der Waals surface area contributed by atoms with E-state index in [4.69, 9.17) is 4.74 Å². The predicted molar refractivity (Wildman–Crippen MR) is 85.2 cm³/mol. The van der Waals surface area contributed by atoms with Gasteiger partial charge in [0.2, 0.25) is 5.88 Å². The van der Waals surface area contributed by atoms with Crippen LogP contribution in [0.15, 0.2) is 30.3 Å². The number of hydrogen-bond acceptors (Lipinski definition) is 3. The van der Waals surface area contributed by atoms with Gasteiger partial charge in [0, 0.05) is 19.2 Å². The molecule has 0 unspecified atom stereocenters. The van der Waals surface area contributed by atoms with Gasteiger partial charge in [0.05, 0.1) is 5.69 Å². The molecule has 120 valence electrons. The number of rotatable bonds is 8. The van der Waals surface area contributed by atoms with Crippen LogP contribution in [-0.4, -0.2) is 16.8 Å². The molecule has 0 fully saturated rings. The van der Waals surface area contributed by atoms with E-state index >= 15 is 0 Å². The molecule has 2 rings (SSSR count). The molecule has 0 radical (unpaired) electrons. The molecule has 0 spiro atoms. The zero-order chi connectivity index (χ0) is 15.9. The van der Waals surface area contributed by atoms with E-state index in [0.29, 0.717) is 19.1 Å². The van der Waals surface area contributed by atoms with Crippen LogP contribution in [-0.2, 0) is 19.7 Å². The standard InChI is InChI=1S/C17H24FN3O/c1-13(2)7-8-21-17(10-16(20-21)11-19-3)22-12-14-5-4-6-15(18)9-14/h4-6,9-10,13,19H,7-8,11-12H2,1-3H3. The van der Waals surface area contributed by atoms with Crippen LogP contribution < -0.4 is 10.1 Å². The number of nitrogens with one attached hydrogen (secondary N) is 1. The molecule has 0 aliphatic heterocycles. The Hall–Kier alpha value is -1.88. The first-order valence-electron chi connectivity index (χ1n) is 7.67. The van der Waals surface area contributed by atoms with Gasteiger partial charge in [-0.15, -0.1) is 0 Å². The van der Waals surface area contributed by atoms with Crippen LogP contribution in [0, 0.1) is 11.7 Å². The molecule has 22 heavy (non-hydrogen) atoms. The average Bonchev–Trinajstić information content (AvgIpc) is 2.85. The van der Waals surface area contributed by atoms with E-state index in [1.165, 1.54) is 12.1 Å². The van der Waals surface area contributed by atoms with Crippen molar-refractivity contribution in [1.29, 1.82) is 0 Å². The molecule has 0 saturated heterocycles. The van der Waals surface area contributed by atoms with Crippen LogP contribution >= 0.6 is 0 Å². The van der Waals surface area contributed by atoms with Crippen LogP contribution in [0.3, 0.4) is 0 Å². The van der Waals surface area contributed by atoms with Gasteiger partial charge >= 0.3 is 0 Å². The predicted octanol–water partition coefficient (Wildman–Crippen LogP) is 3.37. The van der Waals surface area contributed by atoms with Crippen molar-refractivity contribution < 1.29 is 9.13 Å². The van der Waals surface area contributed by atoms with Crippen molar-refractivity contribution in [2.45, 2.75) is 40.0 Å². The lowest BCUT2D eigenvalue weighted by atomic mass is 10.1. The fraction of sp³-hybridized carbons (Fsp3) is 0.471. The Morgan fingerprint density at radius 2 is 2.14 bits per heavy atom. The fourth-order valence-electron chi connectivity index (χ4n) is 2.16. The van der Waals surface area contributed by atoms with E-state index < -0.39 is 0 Å². The van der Waals surface area contributed by atoms with Crippen molar-refractivity contribution in [3.8, 4) is 5.88 Å². The molecule has 1 N–H and O–H groups in total. The molecule has 1 aromatic carbocycles. The molecular weight excluding hydrogens is 281 g/mol. The molecule has 0 atom stereocenters. The second kappa shape index (κ2) is 7.94. The molecular formula is C17H24FN3O. The van der Waals surface area contributed by atoms with Crippen LogP contribution in [0.4, 0.5) is 4.39 Å². The molecule has 2 aromatic rings. The zero-order valence-electron chi connectivity index (χ0n) is 13.5. The van der Waals surface area contributed by atoms with Crippen LogP contribution in [0.25, 0.3) is 0 Å². The number of aromatic nitrogens is 2. The van der Waals surface area contributed by atoms with E-state index in [2.05, 4.69) is 24.3 Å². The van der Waals surface area contributed by atoms with Crippen molar-refractivity contribution >= 4 is 0 Å². The highest BCUT2D eigenvalue weighted by Gasteiger charge is 2.10. The largest absolute Gasteiger partial charge is 0.473 e. The lowest BCUT2D eigenvalue weighted by Gasteiger charge is -2.10. The van der Waals surface area contributed by atoms with E-state index in [1.54, 1.807) is 6.07 Å². The molecule has 0 aliphatic carbocycles. The normalized spacial score (nSPS) is 11.1. The minimum Gasteiger partial charge on any atom is -0.473 e. The average molecular weight is 305 g/mol.